The smallest absolute Gasteiger partial charge is 0.227 e. The van der Waals surface area contributed by atoms with Crippen molar-refractivity contribution in [2.75, 3.05) is 12.4 Å². The Kier molecular flexibility index (Phi) is 6.77. The molecule has 0 radical (unpaired) electrons. The molecule has 2 aromatic rings. The van der Waals surface area contributed by atoms with Gasteiger partial charge in [-0.2, -0.15) is 5.10 Å². The highest BCUT2D eigenvalue weighted by atomic mass is 16.5. The molecule has 0 aliphatic carbocycles. The molecule has 1 aromatic carbocycles. The number of aromatic nitrogens is 2. The average Bonchev–Trinajstić information content (AvgIpc) is 3.08. The third-order valence-electron chi connectivity index (χ3n) is 4.23. The minimum atomic E-state index is -0.418. The van der Waals surface area contributed by atoms with Gasteiger partial charge >= 0.3 is 0 Å². The molecule has 2 amide bonds. The van der Waals surface area contributed by atoms with Crippen molar-refractivity contribution in [2.45, 2.75) is 45.7 Å². The normalized spacial score (nSPS) is 12.9. The van der Waals surface area contributed by atoms with Gasteiger partial charge < -0.3 is 15.4 Å². The van der Waals surface area contributed by atoms with E-state index in [1.165, 1.54) is 6.92 Å². The average molecular weight is 358 g/mol. The van der Waals surface area contributed by atoms with Crippen molar-refractivity contribution in [2.24, 2.45) is 0 Å². The molecule has 7 heteroatoms. The van der Waals surface area contributed by atoms with Crippen LogP contribution in [0.25, 0.3) is 0 Å². The Balaban J connectivity index is 2.11. The summed E-state index contributed by atoms with van der Waals surface area (Å²) in [5.74, 6) is 0.991. The van der Waals surface area contributed by atoms with Gasteiger partial charge in [-0.15, -0.1) is 0 Å². The summed E-state index contributed by atoms with van der Waals surface area (Å²) >= 11 is 0. The summed E-state index contributed by atoms with van der Waals surface area (Å²) in [4.78, 5) is 24.1. The van der Waals surface area contributed by atoms with Crippen LogP contribution in [0.3, 0.4) is 0 Å². The first-order valence-corrected chi connectivity index (χ1v) is 8.69. The van der Waals surface area contributed by atoms with E-state index < -0.39 is 6.04 Å². The van der Waals surface area contributed by atoms with Gasteiger partial charge in [0, 0.05) is 13.0 Å². The maximum atomic E-state index is 12.5. The fourth-order valence-corrected chi connectivity index (χ4v) is 2.65. The molecule has 2 unspecified atom stereocenters. The summed E-state index contributed by atoms with van der Waals surface area (Å²) in [6, 6.07) is 8.84. The number of ether oxygens (including phenoxy) is 1. The first-order chi connectivity index (χ1) is 12.4. The van der Waals surface area contributed by atoms with Crippen molar-refractivity contribution in [1.82, 2.24) is 15.1 Å². The molecular formula is C19H26N4O3. The van der Waals surface area contributed by atoms with E-state index in [1.54, 1.807) is 36.2 Å². The van der Waals surface area contributed by atoms with Crippen LogP contribution in [-0.2, 0) is 9.59 Å². The minimum absolute atomic E-state index is 0.123. The number of benzene rings is 1. The Labute approximate surface area is 153 Å². The molecule has 0 spiro atoms. The zero-order chi connectivity index (χ0) is 19.1. The molecule has 0 bridgehead atoms. The van der Waals surface area contributed by atoms with E-state index in [0.29, 0.717) is 5.82 Å². The van der Waals surface area contributed by atoms with Crippen LogP contribution in [0.2, 0.25) is 0 Å². The van der Waals surface area contributed by atoms with Crippen molar-refractivity contribution in [3.63, 3.8) is 0 Å². The molecule has 0 aliphatic heterocycles. The van der Waals surface area contributed by atoms with Crippen LogP contribution in [0, 0.1) is 0 Å². The van der Waals surface area contributed by atoms with E-state index in [2.05, 4.69) is 22.7 Å². The molecule has 0 saturated heterocycles. The third-order valence-corrected chi connectivity index (χ3v) is 4.23. The fourth-order valence-electron chi connectivity index (χ4n) is 2.65. The number of amides is 2. The number of nitrogens with zero attached hydrogens (tertiary/aromatic N) is 2. The van der Waals surface area contributed by atoms with Crippen LogP contribution in [0.4, 0.5) is 5.82 Å². The van der Waals surface area contributed by atoms with Gasteiger partial charge in [0.25, 0.3) is 0 Å². The van der Waals surface area contributed by atoms with Crippen molar-refractivity contribution in [3.8, 4) is 5.75 Å². The van der Waals surface area contributed by atoms with Crippen molar-refractivity contribution in [3.05, 3.63) is 42.1 Å². The maximum absolute atomic E-state index is 12.5. The number of anilines is 1. The predicted molar refractivity (Wildman–Crippen MR) is 100 cm³/mol. The summed E-state index contributed by atoms with van der Waals surface area (Å²) < 4.78 is 6.94. The molecule has 1 heterocycles. The Bertz CT molecular complexity index is 739. The molecule has 26 heavy (non-hydrogen) atoms. The second-order valence-corrected chi connectivity index (χ2v) is 6.20. The van der Waals surface area contributed by atoms with Crippen LogP contribution < -0.4 is 15.4 Å². The van der Waals surface area contributed by atoms with Gasteiger partial charge in [-0.1, -0.05) is 19.1 Å². The Morgan fingerprint density at radius 3 is 2.50 bits per heavy atom. The number of rotatable bonds is 8. The van der Waals surface area contributed by atoms with Gasteiger partial charge in [-0.3, -0.25) is 9.59 Å². The largest absolute Gasteiger partial charge is 0.497 e. The van der Waals surface area contributed by atoms with Gasteiger partial charge in [0.2, 0.25) is 11.8 Å². The molecular weight excluding hydrogens is 332 g/mol. The quantitative estimate of drug-likeness (QED) is 0.759. The van der Waals surface area contributed by atoms with Crippen molar-refractivity contribution >= 4 is 17.6 Å². The van der Waals surface area contributed by atoms with Gasteiger partial charge in [0.1, 0.15) is 11.6 Å². The molecule has 2 atom stereocenters. The van der Waals surface area contributed by atoms with E-state index in [9.17, 15) is 9.59 Å². The zero-order valence-electron chi connectivity index (χ0n) is 15.7. The lowest BCUT2D eigenvalue weighted by Crippen LogP contribution is -2.30. The second kappa shape index (κ2) is 9.03. The lowest BCUT2D eigenvalue weighted by molar-refractivity contribution is -0.120. The van der Waals surface area contributed by atoms with Gasteiger partial charge in [-0.25, -0.2) is 4.68 Å². The number of hydrogen-bond donors (Lipinski definition) is 2. The predicted octanol–water partition coefficient (Wildman–Crippen LogP) is 3.07. The maximum Gasteiger partial charge on any atom is 0.227 e. The molecule has 2 N–H and O–H groups in total. The standard InChI is InChI=1S/C19H26N4O3/c1-5-13(2)23-18(10-11-20-23)22-19(25)12-17(21-14(3)24)15-6-8-16(26-4)9-7-15/h6-11,13,17H,5,12H2,1-4H3,(H,21,24)(H,22,25). The van der Waals surface area contributed by atoms with Gasteiger partial charge in [0.05, 0.1) is 31.8 Å². The van der Waals surface area contributed by atoms with Gasteiger partial charge in [0.15, 0.2) is 0 Å². The summed E-state index contributed by atoms with van der Waals surface area (Å²) in [5.41, 5.74) is 0.839. The summed E-state index contributed by atoms with van der Waals surface area (Å²) in [6.07, 6.45) is 2.69. The molecule has 1 aromatic heterocycles. The summed E-state index contributed by atoms with van der Waals surface area (Å²) in [7, 11) is 1.59. The molecule has 0 aliphatic rings. The van der Waals surface area contributed by atoms with Crippen LogP contribution in [0.1, 0.15) is 51.3 Å². The van der Waals surface area contributed by atoms with Crippen LogP contribution >= 0.6 is 0 Å². The highest BCUT2D eigenvalue weighted by Gasteiger charge is 2.19. The second-order valence-electron chi connectivity index (χ2n) is 6.20. The van der Waals surface area contributed by atoms with Gasteiger partial charge in [-0.05, 0) is 31.0 Å². The first kappa shape index (κ1) is 19.5. The topological polar surface area (TPSA) is 85.3 Å². The minimum Gasteiger partial charge on any atom is -0.497 e. The zero-order valence-corrected chi connectivity index (χ0v) is 15.7. The monoisotopic (exact) mass is 358 g/mol. The molecule has 140 valence electrons. The SMILES string of the molecule is CCC(C)n1nccc1NC(=O)CC(NC(C)=O)c1ccc(OC)cc1. The number of carbonyl (C=O) groups is 2. The number of nitrogens with one attached hydrogen (secondary N) is 2. The lowest BCUT2D eigenvalue weighted by atomic mass is 10.0. The van der Waals surface area contributed by atoms with Crippen molar-refractivity contribution in [1.29, 1.82) is 0 Å². The third kappa shape index (κ3) is 5.08. The highest BCUT2D eigenvalue weighted by molar-refractivity contribution is 5.90. The molecule has 7 nitrogen and oxygen atoms in total. The van der Waals surface area contributed by atoms with E-state index in [-0.39, 0.29) is 24.3 Å². The Morgan fingerprint density at radius 2 is 1.92 bits per heavy atom. The van der Waals surface area contributed by atoms with Crippen LogP contribution in [0.15, 0.2) is 36.5 Å². The number of carbonyl (C=O) groups excluding carboxylic acids is 2. The van der Waals surface area contributed by atoms with E-state index in [0.717, 1.165) is 17.7 Å². The van der Waals surface area contributed by atoms with Crippen LogP contribution in [0.5, 0.6) is 5.75 Å². The Hall–Kier alpha value is -2.83. The fraction of sp³-hybridized carbons (Fsp3) is 0.421. The summed E-state index contributed by atoms with van der Waals surface area (Å²) in [6.45, 7) is 5.54. The first-order valence-electron chi connectivity index (χ1n) is 8.69. The lowest BCUT2D eigenvalue weighted by Gasteiger charge is -2.19. The number of hydrogen-bond acceptors (Lipinski definition) is 4. The molecule has 0 fully saturated rings. The van der Waals surface area contributed by atoms with E-state index in [1.807, 2.05) is 19.1 Å². The molecule has 2 rings (SSSR count). The number of methoxy groups -OCH3 is 1. The van der Waals surface area contributed by atoms with E-state index >= 15 is 0 Å². The Morgan fingerprint density at radius 1 is 1.23 bits per heavy atom. The molecule has 0 saturated carbocycles. The van der Waals surface area contributed by atoms with Crippen molar-refractivity contribution < 1.29 is 14.3 Å². The highest BCUT2D eigenvalue weighted by Crippen LogP contribution is 2.22. The van der Waals surface area contributed by atoms with Crippen LogP contribution in [-0.4, -0.2) is 28.7 Å². The summed E-state index contributed by atoms with van der Waals surface area (Å²) in [5, 5.41) is 9.98. The van der Waals surface area contributed by atoms with E-state index in [4.69, 9.17) is 4.74 Å².